The molecule has 2 fully saturated rings. The first-order chi connectivity index (χ1) is 12.5. The molecule has 3 atom stereocenters. The maximum Gasteiger partial charge on any atom is 0.276 e. The summed E-state index contributed by atoms with van der Waals surface area (Å²) in [4.78, 5) is 13.8. The van der Waals surface area contributed by atoms with Crippen LogP contribution in [0, 0.1) is 17.2 Å². The van der Waals surface area contributed by atoms with Crippen LogP contribution in [0.4, 0.5) is 0 Å². The molecule has 1 aromatic rings. The minimum Gasteiger partial charge on any atom is -0.497 e. The summed E-state index contributed by atoms with van der Waals surface area (Å²) in [7, 11) is 3.30. The van der Waals surface area contributed by atoms with Crippen molar-refractivity contribution in [1.82, 2.24) is 5.32 Å². The Morgan fingerprint density at radius 3 is 2.73 bits per heavy atom. The summed E-state index contributed by atoms with van der Waals surface area (Å²) in [5.74, 6) is 1.81. The van der Waals surface area contributed by atoms with Gasteiger partial charge >= 0.3 is 0 Å². The maximum atomic E-state index is 12.6. The lowest BCUT2D eigenvalue weighted by atomic mass is 9.98. The standard InChI is InChI=1S/C20H27N3O3/c1-20(13-21,14-6-7-14)22-19(24)12-23-10-4-5-17(23)16-9-8-15(25-2)11-18(16)26-3/h8-9,11,14,17H,4-7,10,12H2,1-3H3,(H,22,24)/p+1/t17-,20+/m1/s1. The summed E-state index contributed by atoms with van der Waals surface area (Å²) in [6.45, 7) is 3.16. The number of likely N-dealkylation sites (tertiary alicyclic amines) is 1. The highest BCUT2D eigenvalue weighted by Gasteiger charge is 2.44. The van der Waals surface area contributed by atoms with E-state index in [2.05, 4.69) is 11.4 Å². The molecular formula is C20H28N3O3+. The van der Waals surface area contributed by atoms with Gasteiger partial charge in [-0.2, -0.15) is 5.26 Å². The smallest absolute Gasteiger partial charge is 0.276 e. The van der Waals surface area contributed by atoms with Gasteiger partial charge in [-0.3, -0.25) is 4.79 Å². The molecule has 140 valence electrons. The van der Waals surface area contributed by atoms with Gasteiger partial charge in [0.05, 0.1) is 32.4 Å². The second kappa shape index (κ2) is 7.55. The van der Waals surface area contributed by atoms with Gasteiger partial charge < -0.3 is 19.7 Å². The second-order valence-corrected chi connectivity index (χ2v) is 7.52. The molecule has 2 aliphatic rings. The number of nitrogens with zero attached hydrogens (tertiary/aromatic N) is 1. The second-order valence-electron chi connectivity index (χ2n) is 7.52. The minimum atomic E-state index is -0.733. The molecule has 1 aliphatic carbocycles. The van der Waals surface area contributed by atoms with E-state index in [0.717, 1.165) is 49.3 Å². The topological polar surface area (TPSA) is 75.8 Å². The van der Waals surface area contributed by atoms with Crippen LogP contribution >= 0.6 is 0 Å². The molecule has 6 nitrogen and oxygen atoms in total. The van der Waals surface area contributed by atoms with Gasteiger partial charge in [0.1, 0.15) is 23.1 Å². The van der Waals surface area contributed by atoms with Crippen LogP contribution in [0.25, 0.3) is 0 Å². The third kappa shape index (κ3) is 3.78. The number of rotatable bonds is 7. The Hall–Kier alpha value is -2.26. The molecule has 0 aromatic heterocycles. The molecule has 2 N–H and O–H groups in total. The van der Waals surface area contributed by atoms with E-state index in [1.807, 2.05) is 25.1 Å². The van der Waals surface area contributed by atoms with E-state index < -0.39 is 5.54 Å². The van der Waals surface area contributed by atoms with E-state index in [0.29, 0.717) is 12.5 Å². The zero-order valence-corrected chi connectivity index (χ0v) is 15.8. The molecule has 1 heterocycles. The van der Waals surface area contributed by atoms with Crippen molar-refractivity contribution >= 4 is 5.91 Å². The van der Waals surface area contributed by atoms with Crippen molar-refractivity contribution in [2.45, 2.75) is 44.2 Å². The molecule has 0 spiro atoms. The Morgan fingerprint density at radius 1 is 1.35 bits per heavy atom. The zero-order chi connectivity index (χ0) is 18.7. The predicted octanol–water partition coefficient (Wildman–Crippen LogP) is 1.23. The number of nitrogens with one attached hydrogen (secondary N) is 2. The van der Waals surface area contributed by atoms with Crippen molar-refractivity contribution in [2.75, 3.05) is 27.3 Å². The number of hydrogen-bond donors (Lipinski definition) is 2. The molecule has 1 unspecified atom stereocenters. The largest absolute Gasteiger partial charge is 0.497 e. The van der Waals surface area contributed by atoms with Gasteiger partial charge in [-0.1, -0.05) is 0 Å². The quantitative estimate of drug-likeness (QED) is 0.769. The van der Waals surface area contributed by atoms with Crippen LogP contribution in [0.2, 0.25) is 0 Å². The van der Waals surface area contributed by atoms with Crippen molar-refractivity contribution in [1.29, 1.82) is 5.26 Å². The molecule has 1 saturated heterocycles. The van der Waals surface area contributed by atoms with E-state index >= 15 is 0 Å². The molecule has 1 aliphatic heterocycles. The Kier molecular flexibility index (Phi) is 5.38. The van der Waals surface area contributed by atoms with Crippen molar-refractivity contribution in [3.8, 4) is 17.6 Å². The average Bonchev–Trinajstić information content (AvgIpc) is 3.42. The number of benzene rings is 1. The molecule has 0 bridgehead atoms. The van der Waals surface area contributed by atoms with E-state index in [1.54, 1.807) is 14.2 Å². The zero-order valence-electron chi connectivity index (χ0n) is 15.8. The summed E-state index contributed by atoms with van der Waals surface area (Å²) >= 11 is 0. The van der Waals surface area contributed by atoms with Crippen LogP contribution < -0.4 is 19.7 Å². The molecule has 1 saturated carbocycles. The molecule has 1 amide bonds. The van der Waals surface area contributed by atoms with Crippen LogP contribution in [0.1, 0.15) is 44.2 Å². The fraction of sp³-hybridized carbons (Fsp3) is 0.600. The van der Waals surface area contributed by atoms with Crippen molar-refractivity contribution in [3.05, 3.63) is 23.8 Å². The Morgan fingerprint density at radius 2 is 2.12 bits per heavy atom. The summed E-state index contributed by atoms with van der Waals surface area (Å²) in [6, 6.07) is 8.38. The van der Waals surface area contributed by atoms with Gasteiger partial charge in [-0.25, -0.2) is 0 Å². The lowest BCUT2D eigenvalue weighted by Crippen LogP contribution is -3.11. The van der Waals surface area contributed by atoms with E-state index in [1.165, 1.54) is 4.90 Å². The number of ether oxygens (including phenoxy) is 2. The number of methoxy groups -OCH3 is 2. The minimum absolute atomic E-state index is 0.0460. The molecule has 3 rings (SSSR count). The molecule has 1 aromatic carbocycles. The van der Waals surface area contributed by atoms with Crippen LogP contribution in [-0.2, 0) is 4.79 Å². The van der Waals surface area contributed by atoms with Crippen LogP contribution in [0.3, 0.4) is 0 Å². The van der Waals surface area contributed by atoms with E-state index in [4.69, 9.17) is 9.47 Å². The summed E-state index contributed by atoms with van der Waals surface area (Å²) in [5, 5.41) is 12.4. The third-order valence-electron chi connectivity index (χ3n) is 5.71. The van der Waals surface area contributed by atoms with Crippen molar-refractivity contribution in [3.63, 3.8) is 0 Å². The number of quaternary nitrogens is 1. The van der Waals surface area contributed by atoms with Crippen LogP contribution in [0.15, 0.2) is 18.2 Å². The number of hydrogen-bond acceptors (Lipinski definition) is 4. The lowest BCUT2D eigenvalue weighted by Gasteiger charge is -2.26. The maximum absolute atomic E-state index is 12.6. The summed E-state index contributed by atoms with van der Waals surface area (Å²) in [5.41, 5.74) is 0.377. The highest BCUT2D eigenvalue weighted by atomic mass is 16.5. The fourth-order valence-electron chi connectivity index (χ4n) is 4.03. The monoisotopic (exact) mass is 358 g/mol. The Labute approximate surface area is 155 Å². The Balaban J connectivity index is 1.70. The summed E-state index contributed by atoms with van der Waals surface area (Å²) in [6.07, 6.45) is 4.13. The lowest BCUT2D eigenvalue weighted by molar-refractivity contribution is -0.910. The van der Waals surface area contributed by atoms with E-state index in [9.17, 15) is 10.1 Å². The van der Waals surface area contributed by atoms with Crippen LogP contribution in [0.5, 0.6) is 11.5 Å². The van der Waals surface area contributed by atoms with Crippen LogP contribution in [-0.4, -0.2) is 38.8 Å². The SMILES string of the molecule is COc1ccc([C@H]2CCC[NH+]2CC(=O)N[C@@](C)(C#N)C2CC2)c(OC)c1. The van der Waals surface area contributed by atoms with Gasteiger partial charge in [-0.05, 0) is 37.8 Å². The number of nitriles is 1. The average molecular weight is 358 g/mol. The van der Waals surface area contributed by atoms with Gasteiger partial charge in [0.15, 0.2) is 6.54 Å². The summed E-state index contributed by atoms with van der Waals surface area (Å²) < 4.78 is 10.8. The first kappa shape index (κ1) is 18.5. The highest BCUT2D eigenvalue weighted by molar-refractivity contribution is 5.78. The molecule has 6 heteroatoms. The first-order valence-corrected chi connectivity index (χ1v) is 9.29. The first-order valence-electron chi connectivity index (χ1n) is 9.29. The van der Waals surface area contributed by atoms with E-state index in [-0.39, 0.29) is 11.9 Å². The molecule has 26 heavy (non-hydrogen) atoms. The molecular weight excluding hydrogens is 330 g/mol. The Bertz CT molecular complexity index is 711. The highest BCUT2D eigenvalue weighted by Crippen LogP contribution is 2.39. The van der Waals surface area contributed by atoms with Crippen molar-refractivity contribution in [2.24, 2.45) is 5.92 Å². The van der Waals surface area contributed by atoms with Gasteiger partial charge in [0.25, 0.3) is 5.91 Å². The number of amides is 1. The van der Waals surface area contributed by atoms with Gasteiger partial charge in [0.2, 0.25) is 0 Å². The normalized spacial score (nSPS) is 24.4. The van der Waals surface area contributed by atoms with Gasteiger partial charge in [-0.15, -0.1) is 0 Å². The fourth-order valence-corrected chi connectivity index (χ4v) is 4.03. The predicted molar refractivity (Wildman–Crippen MR) is 97.1 cm³/mol. The molecule has 0 radical (unpaired) electrons. The van der Waals surface area contributed by atoms with Gasteiger partial charge in [0, 0.05) is 18.9 Å². The number of carbonyl (C=O) groups excluding carboxylic acids is 1. The van der Waals surface area contributed by atoms with Crippen molar-refractivity contribution < 1.29 is 19.2 Å². The number of carbonyl (C=O) groups is 1. The third-order valence-corrected chi connectivity index (χ3v) is 5.71.